The lowest BCUT2D eigenvalue weighted by Crippen LogP contribution is -2.25. The number of nitrogens with one attached hydrogen (secondary N) is 1. The van der Waals surface area contributed by atoms with Gasteiger partial charge in [0.1, 0.15) is 11.5 Å². The quantitative estimate of drug-likeness (QED) is 0.862. The van der Waals surface area contributed by atoms with Crippen molar-refractivity contribution < 1.29 is 9.47 Å². The third-order valence-corrected chi connectivity index (χ3v) is 3.82. The smallest absolute Gasteiger partial charge is 0.153 e. The van der Waals surface area contributed by atoms with Crippen molar-refractivity contribution in [3.05, 3.63) is 34.1 Å². The molecule has 0 saturated heterocycles. The Hall–Kier alpha value is -1.60. The van der Waals surface area contributed by atoms with Crippen molar-refractivity contribution in [2.24, 2.45) is 7.05 Å². The summed E-state index contributed by atoms with van der Waals surface area (Å²) >= 11 is 3.46. The molecule has 0 saturated carbocycles. The summed E-state index contributed by atoms with van der Waals surface area (Å²) in [4.78, 5) is 0. The minimum atomic E-state index is -0.102. The first kappa shape index (κ1) is 15.8. The van der Waals surface area contributed by atoms with Crippen LogP contribution in [0.1, 0.15) is 24.2 Å². The number of ether oxygens (including phenoxy) is 2. The first-order valence-electron chi connectivity index (χ1n) is 6.62. The molecule has 1 aromatic carbocycles. The molecule has 0 bridgehead atoms. The average Bonchev–Trinajstić information content (AvgIpc) is 2.83. The second-order valence-corrected chi connectivity index (χ2v) is 5.24. The molecule has 0 amide bonds. The predicted molar refractivity (Wildman–Crippen MR) is 83.8 cm³/mol. The molecule has 0 aliphatic carbocycles. The third kappa shape index (κ3) is 3.19. The Kier molecular flexibility index (Phi) is 5.19. The van der Waals surface area contributed by atoms with Crippen LogP contribution in [0.4, 0.5) is 0 Å². The molecule has 0 aliphatic rings. The molecule has 6 nitrogen and oxygen atoms in total. The molecular formula is C14H19BrN4O2. The van der Waals surface area contributed by atoms with Crippen LogP contribution in [0.5, 0.6) is 11.5 Å². The van der Waals surface area contributed by atoms with Gasteiger partial charge in [-0.3, -0.25) is 0 Å². The van der Waals surface area contributed by atoms with Gasteiger partial charge >= 0.3 is 0 Å². The zero-order chi connectivity index (χ0) is 15.4. The first-order chi connectivity index (χ1) is 10.1. The van der Waals surface area contributed by atoms with Crippen molar-refractivity contribution in [1.29, 1.82) is 0 Å². The number of rotatable bonds is 6. The van der Waals surface area contributed by atoms with E-state index < -0.39 is 0 Å². The molecule has 1 unspecified atom stereocenters. The molecule has 0 spiro atoms. The van der Waals surface area contributed by atoms with Gasteiger partial charge < -0.3 is 14.8 Å². The standard InChI is InChI=1S/C14H19BrN4O2/c1-5-16-12(13-14(15)17-18-19(13)2)10-8-9(20-3)6-7-11(10)21-4/h6-8,12,16H,5H2,1-4H3. The lowest BCUT2D eigenvalue weighted by Gasteiger charge is -2.21. The normalized spacial score (nSPS) is 12.2. The highest BCUT2D eigenvalue weighted by atomic mass is 79.9. The van der Waals surface area contributed by atoms with Gasteiger partial charge in [0.25, 0.3) is 0 Å². The topological polar surface area (TPSA) is 61.2 Å². The number of aromatic nitrogens is 3. The molecular weight excluding hydrogens is 336 g/mol. The average molecular weight is 355 g/mol. The Bertz CT molecular complexity index is 596. The van der Waals surface area contributed by atoms with Gasteiger partial charge in [-0.15, -0.1) is 5.10 Å². The van der Waals surface area contributed by atoms with Crippen molar-refractivity contribution >= 4 is 15.9 Å². The lowest BCUT2D eigenvalue weighted by atomic mass is 10.0. The number of halogens is 1. The minimum Gasteiger partial charge on any atom is -0.497 e. The van der Waals surface area contributed by atoms with Crippen molar-refractivity contribution in [1.82, 2.24) is 20.3 Å². The zero-order valence-corrected chi connectivity index (χ0v) is 14.1. The molecule has 0 fully saturated rings. The van der Waals surface area contributed by atoms with E-state index in [2.05, 4.69) is 38.5 Å². The molecule has 2 rings (SSSR count). The summed E-state index contributed by atoms with van der Waals surface area (Å²) in [7, 11) is 5.17. The highest BCUT2D eigenvalue weighted by molar-refractivity contribution is 9.10. The fraction of sp³-hybridized carbons (Fsp3) is 0.429. The molecule has 2 aromatic rings. The van der Waals surface area contributed by atoms with Crippen LogP contribution < -0.4 is 14.8 Å². The Balaban J connectivity index is 2.57. The van der Waals surface area contributed by atoms with E-state index >= 15 is 0 Å². The maximum atomic E-state index is 5.49. The van der Waals surface area contributed by atoms with Gasteiger partial charge in [0.15, 0.2) is 4.60 Å². The molecule has 1 atom stereocenters. The lowest BCUT2D eigenvalue weighted by molar-refractivity contribution is 0.392. The van der Waals surface area contributed by atoms with Crippen LogP contribution >= 0.6 is 15.9 Å². The van der Waals surface area contributed by atoms with Crippen molar-refractivity contribution in [3.8, 4) is 11.5 Å². The maximum Gasteiger partial charge on any atom is 0.153 e. The summed E-state index contributed by atoms with van der Waals surface area (Å²) < 4.78 is 13.3. The Morgan fingerprint density at radius 2 is 2.10 bits per heavy atom. The van der Waals surface area contributed by atoms with Crippen molar-refractivity contribution in [2.45, 2.75) is 13.0 Å². The van der Waals surface area contributed by atoms with E-state index in [4.69, 9.17) is 9.47 Å². The molecule has 1 heterocycles. The van der Waals surface area contributed by atoms with E-state index in [1.54, 1.807) is 18.9 Å². The molecule has 1 N–H and O–H groups in total. The highest BCUT2D eigenvalue weighted by Crippen LogP contribution is 2.34. The molecule has 1 aromatic heterocycles. The molecule has 0 radical (unpaired) electrons. The second kappa shape index (κ2) is 6.91. The fourth-order valence-corrected chi connectivity index (χ4v) is 2.82. The van der Waals surface area contributed by atoms with Gasteiger partial charge in [0, 0.05) is 12.6 Å². The number of hydrogen-bond acceptors (Lipinski definition) is 5. The SMILES string of the molecule is CCNC(c1cc(OC)ccc1OC)c1c(Br)nnn1C. The first-order valence-corrected chi connectivity index (χ1v) is 7.42. The number of benzene rings is 1. The predicted octanol–water partition coefficient (Wildman–Crippen LogP) is 2.29. The van der Waals surface area contributed by atoms with E-state index in [0.717, 1.165) is 29.3 Å². The van der Waals surface area contributed by atoms with Gasteiger partial charge in [0.05, 0.1) is 26.0 Å². The summed E-state index contributed by atoms with van der Waals surface area (Å²) in [6.07, 6.45) is 0. The van der Waals surface area contributed by atoms with E-state index in [1.807, 2.05) is 25.2 Å². The summed E-state index contributed by atoms with van der Waals surface area (Å²) in [5.41, 5.74) is 1.91. The van der Waals surface area contributed by atoms with Gasteiger partial charge in [-0.25, -0.2) is 4.68 Å². The molecule has 0 aliphatic heterocycles. The van der Waals surface area contributed by atoms with E-state index in [0.29, 0.717) is 4.60 Å². The zero-order valence-electron chi connectivity index (χ0n) is 12.6. The van der Waals surface area contributed by atoms with Crippen molar-refractivity contribution in [3.63, 3.8) is 0 Å². The molecule has 21 heavy (non-hydrogen) atoms. The molecule has 114 valence electrons. The Labute approximate surface area is 132 Å². The van der Waals surface area contributed by atoms with Crippen LogP contribution in [0.15, 0.2) is 22.8 Å². The summed E-state index contributed by atoms with van der Waals surface area (Å²) in [6.45, 7) is 2.85. The number of aryl methyl sites for hydroxylation is 1. The summed E-state index contributed by atoms with van der Waals surface area (Å²) in [5, 5.41) is 11.6. The van der Waals surface area contributed by atoms with Crippen LogP contribution in [0.3, 0.4) is 0 Å². The van der Waals surface area contributed by atoms with Gasteiger partial charge in [-0.1, -0.05) is 12.1 Å². The van der Waals surface area contributed by atoms with Crippen LogP contribution in [0.2, 0.25) is 0 Å². The van der Waals surface area contributed by atoms with E-state index in [1.165, 1.54) is 0 Å². The van der Waals surface area contributed by atoms with Gasteiger partial charge in [-0.2, -0.15) is 0 Å². The van der Waals surface area contributed by atoms with Gasteiger partial charge in [-0.05, 0) is 40.7 Å². The fourth-order valence-electron chi connectivity index (χ4n) is 2.27. The van der Waals surface area contributed by atoms with Crippen LogP contribution in [-0.2, 0) is 7.05 Å². The Morgan fingerprint density at radius 1 is 1.33 bits per heavy atom. The second-order valence-electron chi connectivity index (χ2n) is 4.49. The summed E-state index contributed by atoms with van der Waals surface area (Å²) in [5.74, 6) is 1.56. The number of methoxy groups -OCH3 is 2. The van der Waals surface area contributed by atoms with E-state index in [-0.39, 0.29) is 6.04 Å². The van der Waals surface area contributed by atoms with Crippen LogP contribution in [-0.4, -0.2) is 35.8 Å². The largest absolute Gasteiger partial charge is 0.497 e. The number of hydrogen-bond donors (Lipinski definition) is 1. The van der Waals surface area contributed by atoms with Crippen LogP contribution in [0.25, 0.3) is 0 Å². The van der Waals surface area contributed by atoms with E-state index in [9.17, 15) is 0 Å². The van der Waals surface area contributed by atoms with Gasteiger partial charge in [0.2, 0.25) is 0 Å². The third-order valence-electron chi connectivity index (χ3n) is 3.26. The number of nitrogens with zero attached hydrogens (tertiary/aromatic N) is 3. The Morgan fingerprint density at radius 3 is 2.62 bits per heavy atom. The monoisotopic (exact) mass is 354 g/mol. The van der Waals surface area contributed by atoms with Crippen LogP contribution in [0, 0.1) is 0 Å². The molecule has 7 heteroatoms. The maximum absolute atomic E-state index is 5.49. The highest BCUT2D eigenvalue weighted by Gasteiger charge is 2.24. The minimum absolute atomic E-state index is 0.102. The van der Waals surface area contributed by atoms with Crippen molar-refractivity contribution in [2.75, 3.05) is 20.8 Å². The summed E-state index contributed by atoms with van der Waals surface area (Å²) in [6, 6.07) is 5.64.